The van der Waals surface area contributed by atoms with Crippen LogP contribution >= 0.6 is 0 Å². The Morgan fingerprint density at radius 3 is 3.04 bits per heavy atom. The van der Waals surface area contributed by atoms with Crippen molar-refractivity contribution in [2.24, 2.45) is 5.92 Å². The molecule has 140 valence electrons. The number of aromatic nitrogens is 1. The SMILES string of the molecule is CCCC(=O)NC[C@@H]1CCCN(c2c(C)cnc3c(OC)cccc23)C1. The van der Waals surface area contributed by atoms with E-state index in [1.807, 2.05) is 25.3 Å². The first-order valence-electron chi connectivity index (χ1n) is 9.58. The number of aryl methyl sites for hydroxylation is 1. The number of ether oxygens (including phenoxy) is 1. The van der Waals surface area contributed by atoms with Crippen LogP contribution in [0.2, 0.25) is 0 Å². The number of methoxy groups -OCH3 is 1. The molecular weight excluding hydrogens is 326 g/mol. The van der Waals surface area contributed by atoms with Gasteiger partial charge in [0.1, 0.15) is 11.3 Å². The number of hydrogen-bond donors (Lipinski definition) is 1. The molecule has 0 unspecified atom stereocenters. The number of piperidine rings is 1. The standard InChI is InChI=1S/C21H29N3O2/c1-4-7-19(25)22-13-16-8-6-11-24(14-16)21-15(2)12-23-20-17(21)9-5-10-18(20)26-3/h5,9-10,12,16H,4,6-8,11,13-14H2,1-3H3,(H,22,25)/t16-/m0/s1. The van der Waals surface area contributed by atoms with E-state index in [0.29, 0.717) is 12.3 Å². The molecule has 1 fully saturated rings. The average molecular weight is 355 g/mol. The number of carbonyl (C=O) groups is 1. The van der Waals surface area contributed by atoms with Crippen LogP contribution in [0.25, 0.3) is 10.9 Å². The van der Waals surface area contributed by atoms with E-state index < -0.39 is 0 Å². The molecular formula is C21H29N3O2. The quantitative estimate of drug-likeness (QED) is 0.859. The summed E-state index contributed by atoms with van der Waals surface area (Å²) in [5.74, 6) is 1.46. The lowest BCUT2D eigenvalue weighted by Crippen LogP contribution is -2.41. The molecule has 0 aliphatic carbocycles. The summed E-state index contributed by atoms with van der Waals surface area (Å²) >= 11 is 0. The lowest BCUT2D eigenvalue weighted by atomic mass is 9.96. The van der Waals surface area contributed by atoms with Gasteiger partial charge in [-0.2, -0.15) is 0 Å². The molecule has 1 saturated heterocycles. The second kappa shape index (κ2) is 8.39. The van der Waals surface area contributed by atoms with E-state index in [2.05, 4.69) is 28.2 Å². The van der Waals surface area contributed by atoms with Gasteiger partial charge in [0.05, 0.1) is 12.8 Å². The molecule has 1 aromatic carbocycles. The maximum absolute atomic E-state index is 11.8. The Kier molecular flexibility index (Phi) is 5.96. The highest BCUT2D eigenvalue weighted by molar-refractivity contribution is 5.96. The van der Waals surface area contributed by atoms with Crippen molar-refractivity contribution in [2.45, 2.75) is 39.5 Å². The summed E-state index contributed by atoms with van der Waals surface area (Å²) in [4.78, 5) is 18.8. The smallest absolute Gasteiger partial charge is 0.219 e. The van der Waals surface area contributed by atoms with Gasteiger partial charge in [-0.3, -0.25) is 9.78 Å². The van der Waals surface area contributed by atoms with Crippen molar-refractivity contribution >= 4 is 22.5 Å². The van der Waals surface area contributed by atoms with Crippen LogP contribution < -0.4 is 15.0 Å². The van der Waals surface area contributed by atoms with Crippen LogP contribution in [0.4, 0.5) is 5.69 Å². The number of fused-ring (bicyclic) bond motifs is 1. The third-order valence-corrected chi connectivity index (χ3v) is 5.14. The van der Waals surface area contributed by atoms with Gasteiger partial charge in [0.25, 0.3) is 0 Å². The molecule has 1 atom stereocenters. The first kappa shape index (κ1) is 18.5. The molecule has 0 bridgehead atoms. The van der Waals surface area contributed by atoms with Gasteiger partial charge in [0, 0.05) is 37.6 Å². The summed E-state index contributed by atoms with van der Waals surface area (Å²) in [6, 6.07) is 6.11. The zero-order chi connectivity index (χ0) is 18.5. The molecule has 5 heteroatoms. The highest BCUT2D eigenvalue weighted by atomic mass is 16.5. The van der Waals surface area contributed by atoms with Crippen LogP contribution in [0.5, 0.6) is 5.75 Å². The topological polar surface area (TPSA) is 54.5 Å². The fourth-order valence-electron chi connectivity index (χ4n) is 3.87. The number of nitrogens with zero attached hydrogens (tertiary/aromatic N) is 2. The van der Waals surface area contributed by atoms with E-state index in [-0.39, 0.29) is 5.91 Å². The molecule has 2 aromatic rings. The Bertz CT molecular complexity index is 775. The maximum Gasteiger partial charge on any atom is 0.219 e. The molecule has 26 heavy (non-hydrogen) atoms. The van der Waals surface area contributed by atoms with Crippen molar-refractivity contribution in [3.8, 4) is 5.75 Å². The van der Waals surface area contributed by atoms with Crippen molar-refractivity contribution in [3.05, 3.63) is 30.0 Å². The minimum atomic E-state index is 0.167. The predicted octanol–water partition coefficient (Wildman–Crippen LogP) is 3.68. The Balaban J connectivity index is 1.82. The van der Waals surface area contributed by atoms with Crippen LogP contribution in [-0.2, 0) is 4.79 Å². The van der Waals surface area contributed by atoms with Gasteiger partial charge >= 0.3 is 0 Å². The number of amides is 1. The van der Waals surface area contributed by atoms with Gasteiger partial charge in [-0.25, -0.2) is 0 Å². The molecule has 1 aliphatic rings. The fraction of sp³-hybridized carbons (Fsp3) is 0.524. The predicted molar refractivity (Wildman–Crippen MR) is 106 cm³/mol. The Hall–Kier alpha value is -2.30. The summed E-state index contributed by atoms with van der Waals surface area (Å²) in [7, 11) is 1.69. The Labute approximate surface area is 155 Å². The van der Waals surface area contributed by atoms with E-state index in [4.69, 9.17) is 4.74 Å². The van der Waals surface area contributed by atoms with Crippen molar-refractivity contribution < 1.29 is 9.53 Å². The minimum Gasteiger partial charge on any atom is -0.494 e. The zero-order valence-electron chi connectivity index (χ0n) is 16.0. The molecule has 3 rings (SSSR count). The number of pyridine rings is 1. The van der Waals surface area contributed by atoms with Crippen molar-refractivity contribution in [1.29, 1.82) is 0 Å². The number of rotatable bonds is 6. The van der Waals surface area contributed by atoms with Crippen molar-refractivity contribution in [1.82, 2.24) is 10.3 Å². The van der Waals surface area contributed by atoms with Crippen molar-refractivity contribution in [2.75, 3.05) is 31.6 Å². The van der Waals surface area contributed by atoms with E-state index in [9.17, 15) is 4.79 Å². The molecule has 1 N–H and O–H groups in total. The molecule has 2 heterocycles. The normalized spacial score (nSPS) is 17.3. The second-order valence-corrected chi connectivity index (χ2v) is 7.15. The van der Waals surface area contributed by atoms with E-state index in [1.165, 1.54) is 11.3 Å². The van der Waals surface area contributed by atoms with Gasteiger partial charge in [-0.15, -0.1) is 0 Å². The lowest BCUT2D eigenvalue weighted by Gasteiger charge is -2.36. The number of anilines is 1. The first-order chi connectivity index (χ1) is 12.6. The number of hydrogen-bond acceptors (Lipinski definition) is 4. The number of para-hydroxylation sites is 1. The van der Waals surface area contributed by atoms with Crippen LogP contribution in [0.1, 0.15) is 38.2 Å². The summed E-state index contributed by atoms with van der Waals surface area (Å²) in [5.41, 5.74) is 3.34. The molecule has 0 spiro atoms. The zero-order valence-corrected chi connectivity index (χ0v) is 16.0. The number of benzene rings is 1. The third kappa shape index (κ3) is 3.92. The summed E-state index contributed by atoms with van der Waals surface area (Å²) in [5, 5.41) is 4.24. The summed E-state index contributed by atoms with van der Waals surface area (Å²) in [6.07, 6.45) is 5.75. The Morgan fingerprint density at radius 1 is 1.42 bits per heavy atom. The fourth-order valence-corrected chi connectivity index (χ4v) is 3.87. The van der Waals surface area contributed by atoms with Gasteiger partial charge < -0.3 is 15.0 Å². The van der Waals surface area contributed by atoms with Crippen LogP contribution in [0, 0.1) is 12.8 Å². The average Bonchev–Trinajstić information content (AvgIpc) is 2.66. The molecule has 0 radical (unpaired) electrons. The lowest BCUT2D eigenvalue weighted by molar-refractivity contribution is -0.121. The number of nitrogens with one attached hydrogen (secondary N) is 1. The van der Waals surface area contributed by atoms with E-state index in [1.54, 1.807) is 7.11 Å². The van der Waals surface area contributed by atoms with E-state index in [0.717, 1.165) is 55.5 Å². The van der Waals surface area contributed by atoms with Gasteiger partial charge in [0.2, 0.25) is 5.91 Å². The maximum atomic E-state index is 11.8. The summed E-state index contributed by atoms with van der Waals surface area (Å²) < 4.78 is 5.49. The minimum absolute atomic E-state index is 0.167. The van der Waals surface area contributed by atoms with Gasteiger partial charge in [-0.1, -0.05) is 19.1 Å². The highest BCUT2D eigenvalue weighted by Gasteiger charge is 2.23. The highest BCUT2D eigenvalue weighted by Crippen LogP contribution is 2.35. The second-order valence-electron chi connectivity index (χ2n) is 7.15. The molecule has 1 amide bonds. The van der Waals surface area contributed by atoms with Crippen LogP contribution in [0.3, 0.4) is 0 Å². The third-order valence-electron chi connectivity index (χ3n) is 5.14. The largest absolute Gasteiger partial charge is 0.494 e. The molecule has 0 saturated carbocycles. The van der Waals surface area contributed by atoms with Crippen LogP contribution in [-0.4, -0.2) is 37.6 Å². The van der Waals surface area contributed by atoms with Crippen molar-refractivity contribution in [3.63, 3.8) is 0 Å². The van der Waals surface area contributed by atoms with Crippen LogP contribution in [0.15, 0.2) is 24.4 Å². The number of carbonyl (C=O) groups excluding carboxylic acids is 1. The van der Waals surface area contributed by atoms with E-state index >= 15 is 0 Å². The molecule has 1 aromatic heterocycles. The first-order valence-corrected chi connectivity index (χ1v) is 9.58. The van der Waals surface area contributed by atoms with Gasteiger partial charge in [0.15, 0.2) is 0 Å². The Morgan fingerprint density at radius 2 is 2.27 bits per heavy atom. The molecule has 5 nitrogen and oxygen atoms in total. The van der Waals surface area contributed by atoms with Gasteiger partial charge in [-0.05, 0) is 43.7 Å². The molecule has 1 aliphatic heterocycles. The monoisotopic (exact) mass is 355 g/mol. The summed E-state index contributed by atoms with van der Waals surface area (Å²) in [6.45, 7) is 6.92.